The Bertz CT molecular complexity index is 275. The zero-order chi connectivity index (χ0) is 12.8. The van der Waals surface area contributed by atoms with Gasteiger partial charge < -0.3 is 14.6 Å². The van der Waals surface area contributed by atoms with Gasteiger partial charge in [-0.2, -0.15) is 0 Å². The van der Waals surface area contributed by atoms with Gasteiger partial charge in [0, 0.05) is 6.42 Å². The van der Waals surface area contributed by atoms with Crippen LogP contribution in [0.2, 0.25) is 0 Å². The maximum absolute atomic E-state index is 10.9. The number of hydrogen-bond donors (Lipinski definition) is 1. The average Bonchev–Trinajstić information content (AvgIpc) is 2.21. The summed E-state index contributed by atoms with van der Waals surface area (Å²) in [4.78, 5) is 21.8. The molecule has 3 atom stereocenters. The van der Waals surface area contributed by atoms with E-state index >= 15 is 0 Å². The molecule has 1 saturated heterocycles. The molecule has 0 aromatic carbocycles. The monoisotopic (exact) mass is 242 g/mol. The summed E-state index contributed by atoms with van der Waals surface area (Å²) in [6, 6.07) is 0. The van der Waals surface area contributed by atoms with E-state index in [9.17, 15) is 9.59 Å². The van der Waals surface area contributed by atoms with Crippen LogP contribution < -0.4 is 0 Å². The van der Waals surface area contributed by atoms with Crippen LogP contribution in [0.4, 0.5) is 0 Å². The van der Waals surface area contributed by atoms with Crippen molar-refractivity contribution < 1.29 is 19.4 Å². The lowest BCUT2D eigenvalue weighted by atomic mass is 9.91. The topological polar surface area (TPSA) is 63.6 Å². The van der Waals surface area contributed by atoms with E-state index in [-0.39, 0.29) is 30.4 Å². The Morgan fingerprint density at radius 3 is 2.71 bits per heavy atom. The third-order valence-electron chi connectivity index (χ3n) is 3.29. The van der Waals surface area contributed by atoms with Crippen molar-refractivity contribution in [1.82, 2.24) is 0 Å². The molecule has 1 fully saturated rings. The van der Waals surface area contributed by atoms with Crippen molar-refractivity contribution in [1.29, 1.82) is 0 Å². The second-order valence-electron chi connectivity index (χ2n) is 5.06. The standard InChI is InChI=1S/C13H22O4/c1-9(7-10(2)15)5-3-4-6-12-11(8-14)13(16)17-12/h9,11-12,14H,3-8H2,1-2H3. The number of ketones is 1. The number of rotatable bonds is 8. The van der Waals surface area contributed by atoms with Crippen molar-refractivity contribution in [3.63, 3.8) is 0 Å². The highest BCUT2D eigenvalue weighted by atomic mass is 16.6. The molecule has 0 aromatic heterocycles. The second kappa shape index (κ2) is 6.74. The SMILES string of the molecule is CC(=O)CC(C)CCCCC1OC(=O)C1CO. The fraction of sp³-hybridized carbons (Fsp3) is 0.846. The molecule has 1 heterocycles. The van der Waals surface area contributed by atoms with Gasteiger partial charge in [0.1, 0.15) is 17.8 Å². The number of carbonyl (C=O) groups is 2. The van der Waals surface area contributed by atoms with E-state index in [0.29, 0.717) is 12.3 Å². The predicted molar refractivity (Wildman–Crippen MR) is 63.4 cm³/mol. The van der Waals surface area contributed by atoms with Crippen LogP contribution in [0.3, 0.4) is 0 Å². The van der Waals surface area contributed by atoms with Crippen molar-refractivity contribution in [2.75, 3.05) is 6.61 Å². The number of aliphatic hydroxyl groups excluding tert-OH is 1. The first-order valence-corrected chi connectivity index (χ1v) is 6.35. The summed E-state index contributed by atoms with van der Waals surface area (Å²) in [5.41, 5.74) is 0. The van der Waals surface area contributed by atoms with Gasteiger partial charge in [-0.3, -0.25) is 4.79 Å². The number of unbranched alkanes of at least 4 members (excludes halogenated alkanes) is 1. The molecule has 0 spiro atoms. The minimum atomic E-state index is -0.301. The third-order valence-corrected chi connectivity index (χ3v) is 3.29. The van der Waals surface area contributed by atoms with Crippen molar-refractivity contribution in [3.05, 3.63) is 0 Å². The van der Waals surface area contributed by atoms with Crippen molar-refractivity contribution in [3.8, 4) is 0 Å². The molecule has 0 amide bonds. The lowest BCUT2D eigenvalue weighted by Gasteiger charge is -2.33. The van der Waals surface area contributed by atoms with Gasteiger partial charge in [-0.25, -0.2) is 0 Å². The van der Waals surface area contributed by atoms with Crippen molar-refractivity contribution >= 4 is 11.8 Å². The molecule has 3 unspecified atom stereocenters. The normalized spacial score (nSPS) is 25.0. The minimum Gasteiger partial charge on any atom is -0.461 e. The van der Waals surface area contributed by atoms with Gasteiger partial charge in [0.15, 0.2) is 0 Å². The molecule has 1 N–H and O–H groups in total. The van der Waals surface area contributed by atoms with Crippen LogP contribution in [-0.4, -0.2) is 29.6 Å². The summed E-state index contributed by atoms with van der Waals surface area (Å²) in [6.07, 6.45) is 4.44. The molecule has 98 valence electrons. The van der Waals surface area contributed by atoms with Crippen LogP contribution in [0.1, 0.15) is 46.0 Å². The Hall–Kier alpha value is -0.900. The van der Waals surface area contributed by atoms with Crippen LogP contribution in [0.15, 0.2) is 0 Å². The van der Waals surface area contributed by atoms with Crippen LogP contribution >= 0.6 is 0 Å². The summed E-state index contributed by atoms with van der Waals surface area (Å²) in [6.45, 7) is 3.60. The molecule has 1 aliphatic heterocycles. The average molecular weight is 242 g/mol. The summed E-state index contributed by atoms with van der Waals surface area (Å²) >= 11 is 0. The van der Waals surface area contributed by atoms with Gasteiger partial charge in [0.25, 0.3) is 0 Å². The summed E-state index contributed by atoms with van der Waals surface area (Å²) in [7, 11) is 0. The first-order valence-electron chi connectivity index (χ1n) is 6.35. The zero-order valence-corrected chi connectivity index (χ0v) is 10.6. The lowest BCUT2D eigenvalue weighted by molar-refractivity contribution is -0.189. The fourth-order valence-corrected chi connectivity index (χ4v) is 2.28. The molecule has 0 radical (unpaired) electrons. The fourth-order valence-electron chi connectivity index (χ4n) is 2.28. The van der Waals surface area contributed by atoms with Gasteiger partial charge in [-0.15, -0.1) is 0 Å². The highest BCUT2D eigenvalue weighted by molar-refractivity contribution is 5.78. The molecule has 0 aromatic rings. The van der Waals surface area contributed by atoms with Crippen LogP contribution in [0, 0.1) is 11.8 Å². The highest BCUT2D eigenvalue weighted by Crippen LogP contribution is 2.27. The van der Waals surface area contributed by atoms with Crippen LogP contribution in [0.5, 0.6) is 0 Å². The summed E-state index contributed by atoms with van der Waals surface area (Å²) in [5.74, 6) is 0.0999. The number of Topliss-reactive ketones (excluding diaryl/α,β-unsaturated/α-hetero) is 1. The number of aliphatic hydroxyl groups is 1. The largest absolute Gasteiger partial charge is 0.461 e. The molecule has 4 nitrogen and oxygen atoms in total. The minimum absolute atomic E-state index is 0.0874. The lowest BCUT2D eigenvalue weighted by Crippen LogP contribution is -2.47. The summed E-state index contributed by atoms with van der Waals surface area (Å²) < 4.78 is 4.96. The van der Waals surface area contributed by atoms with E-state index in [0.717, 1.165) is 25.7 Å². The third kappa shape index (κ3) is 4.46. The van der Waals surface area contributed by atoms with E-state index in [4.69, 9.17) is 9.84 Å². The maximum atomic E-state index is 10.9. The molecule has 4 heteroatoms. The molecule has 0 saturated carbocycles. The molecule has 1 aliphatic rings. The van der Waals surface area contributed by atoms with Gasteiger partial charge >= 0.3 is 5.97 Å². The van der Waals surface area contributed by atoms with Gasteiger partial charge in [-0.05, 0) is 25.7 Å². The Morgan fingerprint density at radius 2 is 2.18 bits per heavy atom. The summed E-state index contributed by atoms with van der Waals surface area (Å²) in [5, 5.41) is 8.93. The van der Waals surface area contributed by atoms with E-state index in [1.807, 2.05) is 0 Å². The Morgan fingerprint density at radius 1 is 1.47 bits per heavy atom. The highest BCUT2D eigenvalue weighted by Gasteiger charge is 2.41. The van der Waals surface area contributed by atoms with Gasteiger partial charge in [-0.1, -0.05) is 19.8 Å². The van der Waals surface area contributed by atoms with Gasteiger partial charge in [0.05, 0.1) is 6.61 Å². The Labute approximate surface area is 102 Å². The molecule has 0 aliphatic carbocycles. The van der Waals surface area contributed by atoms with E-state index in [2.05, 4.69) is 6.92 Å². The number of cyclic esters (lactones) is 1. The van der Waals surface area contributed by atoms with Gasteiger partial charge in [0.2, 0.25) is 0 Å². The number of esters is 1. The zero-order valence-electron chi connectivity index (χ0n) is 10.6. The Balaban J connectivity index is 2.05. The quantitative estimate of drug-likeness (QED) is 0.519. The van der Waals surface area contributed by atoms with E-state index < -0.39 is 0 Å². The molecular formula is C13H22O4. The van der Waals surface area contributed by atoms with Crippen LogP contribution in [0.25, 0.3) is 0 Å². The van der Waals surface area contributed by atoms with E-state index in [1.54, 1.807) is 6.92 Å². The first-order chi connectivity index (χ1) is 8.04. The first kappa shape index (κ1) is 14.2. The number of hydrogen-bond acceptors (Lipinski definition) is 4. The Kier molecular flexibility index (Phi) is 5.62. The van der Waals surface area contributed by atoms with Crippen molar-refractivity contribution in [2.45, 2.75) is 52.1 Å². The molecular weight excluding hydrogens is 220 g/mol. The number of ether oxygens (including phenoxy) is 1. The molecule has 0 bridgehead atoms. The number of carbonyl (C=O) groups excluding carboxylic acids is 2. The van der Waals surface area contributed by atoms with Crippen molar-refractivity contribution in [2.24, 2.45) is 11.8 Å². The van der Waals surface area contributed by atoms with E-state index in [1.165, 1.54) is 0 Å². The second-order valence-corrected chi connectivity index (χ2v) is 5.06. The van der Waals surface area contributed by atoms with Crippen LogP contribution in [-0.2, 0) is 14.3 Å². The molecule has 1 rings (SSSR count). The predicted octanol–water partition coefficient (Wildman–Crippen LogP) is 1.70. The maximum Gasteiger partial charge on any atom is 0.315 e. The smallest absolute Gasteiger partial charge is 0.315 e. The molecule has 17 heavy (non-hydrogen) atoms.